The molecule has 0 bridgehead atoms. The topological polar surface area (TPSA) is 29.5 Å². The van der Waals surface area contributed by atoms with Crippen LogP contribution in [0.3, 0.4) is 0 Å². The lowest BCUT2D eigenvalue weighted by molar-refractivity contribution is -0.101. The van der Waals surface area contributed by atoms with E-state index < -0.39 is 11.7 Å². The molecule has 94 valence electrons. The van der Waals surface area contributed by atoms with E-state index in [0.29, 0.717) is 5.56 Å². The molecule has 1 N–H and O–H groups in total. The molecule has 1 unspecified atom stereocenters. The van der Waals surface area contributed by atoms with Gasteiger partial charge < -0.3 is 9.84 Å². The zero-order valence-corrected chi connectivity index (χ0v) is 10.4. The first-order valence-corrected chi connectivity index (χ1v) is 6.08. The zero-order chi connectivity index (χ0) is 12.5. The van der Waals surface area contributed by atoms with E-state index in [4.69, 9.17) is 4.74 Å². The van der Waals surface area contributed by atoms with Gasteiger partial charge in [0.05, 0.1) is 5.60 Å². The Morgan fingerprint density at radius 2 is 2.00 bits per heavy atom. The van der Waals surface area contributed by atoms with Crippen molar-refractivity contribution in [3.8, 4) is 0 Å². The van der Waals surface area contributed by atoms with Crippen molar-refractivity contribution in [3.05, 3.63) is 35.1 Å². The Morgan fingerprint density at radius 3 is 2.59 bits per heavy atom. The Hall–Kier alpha value is -0.930. The number of benzene rings is 1. The zero-order valence-electron chi connectivity index (χ0n) is 10.4. The molecule has 0 saturated heterocycles. The molecule has 0 heterocycles. The standard InChI is InChI=1S/C14H19FO2/c1-10-5-6-12(15)11(9-10)13(16)14(17-2)7-3-4-8-14/h5-6,9,13,16H,3-4,7-8H2,1-2H3. The maximum atomic E-state index is 13.8. The van der Waals surface area contributed by atoms with Crippen molar-refractivity contribution in [3.63, 3.8) is 0 Å². The molecule has 2 nitrogen and oxygen atoms in total. The SMILES string of the molecule is COC1(C(O)c2cc(C)ccc2F)CCCC1. The molecule has 1 aromatic carbocycles. The second-order valence-electron chi connectivity index (χ2n) is 4.90. The Balaban J connectivity index is 2.35. The Labute approximate surface area is 101 Å². The molecular formula is C14H19FO2. The van der Waals surface area contributed by atoms with Crippen molar-refractivity contribution >= 4 is 0 Å². The number of aliphatic hydroxyl groups excluding tert-OH is 1. The highest BCUT2D eigenvalue weighted by Crippen LogP contribution is 2.43. The summed E-state index contributed by atoms with van der Waals surface area (Å²) in [5.74, 6) is -0.355. The highest BCUT2D eigenvalue weighted by molar-refractivity contribution is 5.28. The molecule has 1 aliphatic carbocycles. The van der Waals surface area contributed by atoms with Gasteiger partial charge in [-0.25, -0.2) is 4.39 Å². The van der Waals surface area contributed by atoms with E-state index >= 15 is 0 Å². The number of hydrogen-bond acceptors (Lipinski definition) is 2. The summed E-state index contributed by atoms with van der Waals surface area (Å²) in [6, 6.07) is 4.82. The maximum Gasteiger partial charge on any atom is 0.129 e. The molecule has 0 spiro atoms. The van der Waals surface area contributed by atoms with Gasteiger partial charge in [0.25, 0.3) is 0 Å². The monoisotopic (exact) mass is 238 g/mol. The second kappa shape index (κ2) is 4.75. The number of methoxy groups -OCH3 is 1. The van der Waals surface area contributed by atoms with E-state index in [-0.39, 0.29) is 5.82 Å². The molecule has 3 heteroatoms. The number of ether oxygens (including phenoxy) is 1. The normalized spacial score (nSPS) is 20.5. The maximum absolute atomic E-state index is 13.8. The first kappa shape index (κ1) is 12.5. The van der Waals surface area contributed by atoms with Crippen LogP contribution in [0.2, 0.25) is 0 Å². The second-order valence-corrected chi connectivity index (χ2v) is 4.90. The van der Waals surface area contributed by atoms with Gasteiger partial charge in [0.2, 0.25) is 0 Å². The third-order valence-electron chi connectivity index (χ3n) is 3.80. The minimum absolute atomic E-state index is 0.355. The summed E-state index contributed by atoms with van der Waals surface area (Å²) in [5.41, 5.74) is 0.702. The number of halogens is 1. The summed E-state index contributed by atoms with van der Waals surface area (Å²) < 4.78 is 19.3. The van der Waals surface area contributed by atoms with E-state index in [2.05, 4.69) is 0 Å². The minimum atomic E-state index is -0.880. The predicted molar refractivity (Wildman–Crippen MR) is 64.3 cm³/mol. The van der Waals surface area contributed by atoms with E-state index in [0.717, 1.165) is 31.2 Å². The van der Waals surface area contributed by atoms with Crippen LogP contribution in [0.5, 0.6) is 0 Å². The summed E-state index contributed by atoms with van der Waals surface area (Å²) in [6.07, 6.45) is 2.75. The van der Waals surface area contributed by atoms with Gasteiger partial charge >= 0.3 is 0 Å². The Kier molecular flexibility index (Phi) is 3.50. The van der Waals surface area contributed by atoms with Gasteiger partial charge in [-0.1, -0.05) is 30.5 Å². The summed E-state index contributed by atoms with van der Waals surface area (Å²) in [4.78, 5) is 0. The molecule has 1 fully saturated rings. The molecule has 1 aromatic rings. The number of hydrogen-bond donors (Lipinski definition) is 1. The van der Waals surface area contributed by atoms with E-state index in [1.54, 1.807) is 19.2 Å². The average Bonchev–Trinajstić information content (AvgIpc) is 2.81. The van der Waals surface area contributed by atoms with Crippen LogP contribution in [-0.4, -0.2) is 17.8 Å². The smallest absolute Gasteiger partial charge is 0.129 e. The van der Waals surface area contributed by atoms with Gasteiger partial charge in [-0.3, -0.25) is 0 Å². The first-order chi connectivity index (χ1) is 8.09. The Bertz CT molecular complexity index is 397. The molecule has 0 amide bonds. The van der Waals surface area contributed by atoms with Crippen molar-refractivity contribution in [2.75, 3.05) is 7.11 Å². The fourth-order valence-corrected chi connectivity index (χ4v) is 2.72. The largest absolute Gasteiger partial charge is 0.385 e. The van der Waals surface area contributed by atoms with Crippen LogP contribution in [0.4, 0.5) is 4.39 Å². The highest BCUT2D eigenvalue weighted by Gasteiger charge is 2.42. The fraction of sp³-hybridized carbons (Fsp3) is 0.571. The minimum Gasteiger partial charge on any atom is -0.385 e. The van der Waals surface area contributed by atoms with Crippen LogP contribution in [0.15, 0.2) is 18.2 Å². The molecular weight excluding hydrogens is 219 g/mol. The summed E-state index contributed by atoms with van der Waals surface area (Å²) in [5, 5.41) is 10.4. The van der Waals surface area contributed by atoms with Gasteiger partial charge in [-0.2, -0.15) is 0 Å². The first-order valence-electron chi connectivity index (χ1n) is 6.08. The van der Waals surface area contributed by atoms with Gasteiger partial charge in [0.1, 0.15) is 11.9 Å². The summed E-state index contributed by atoms with van der Waals surface area (Å²) in [6.45, 7) is 1.89. The van der Waals surface area contributed by atoms with E-state index in [1.165, 1.54) is 6.07 Å². The number of aliphatic hydroxyl groups is 1. The molecule has 1 aliphatic rings. The van der Waals surface area contributed by atoms with E-state index in [1.807, 2.05) is 6.92 Å². The third-order valence-corrected chi connectivity index (χ3v) is 3.80. The lowest BCUT2D eigenvalue weighted by Crippen LogP contribution is -2.36. The van der Waals surface area contributed by atoms with Crippen molar-refractivity contribution in [1.82, 2.24) is 0 Å². The molecule has 1 saturated carbocycles. The predicted octanol–water partition coefficient (Wildman–Crippen LogP) is 3.13. The number of aryl methyl sites for hydroxylation is 1. The van der Waals surface area contributed by atoms with Crippen LogP contribution in [0.25, 0.3) is 0 Å². The van der Waals surface area contributed by atoms with Crippen molar-refractivity contribution in [2.24, 2.45) is 0 Å². The molecule has 0 aromatic heterocycles. The molecule has 2 rings (SSSR count). The average molecular weight is 238 g/mol. The van der Waals surface area contributed by atoms with Crippen LogP contribution in [0, 0.1) is 12.7 Å². The molecule has 17 heavy (non-hydrogen) atoms. The molecule has 1 atom stereocenters. The third kappa shape index (κ3) is 2.22. The summed E-state index contributed by atoms with van der Waals surface area (Å²) >= 11 is 0. The van der Waals surface area contributed by atoms with Gasteiger partial charge in [-0.15, -0.1) is 0 Å². The fourth-order valence-electron chi connectivity index (χ4n) is 2.72. The number of rotatable bonds is 3. The van der Waals surface area contributed by atoms with Gasteiger partial charge in [-0.05, 0) is 25.8 Å². The van der Waals surface area contributed by atoms with Crippen molar-refractivity contribution in [1.29, 1.82) is 0 Å². The van der Waals surface area contributed by atoms with Crippen LogP contribution >= 0.6 is 0 Å². The quantitative estimate of drug-likeness (QED) is 0.876. The lowest BCUT2D eigenvalue weighted by Gasteiger charge is -2.33. The van der Waals surface area contributed by atoms with Crippen LogP contribution < -0.4 is 0 Å². The van der Waals surface area contributed by atoms with Crippen LogP contribution in [-0.2, 0) is 4.74 Å². The highest BCUT2D eigenvalue weighted by atomic mass is 19.1. The Morgan fingerprint density at radius 1 is 1.35 bits per heavy atom. The van der Waals surface area contributed by atoms with Crippen molar-refractivity contribution in [2.45, 2.75) is 44.3 Å². The molecule has 0 radical (unpaired) electrons. The van der Waals surface area contributed by atoms with Crippen molar-refractivity contribution < 1.29 is 14.2 Å². The van der Waals surface area contributed by atoms with Gasteiger partial charge in [0, 0.05) is 12.7 Å². The van der Waals surface area contributed by atoms with E-state index in [9.17, 15) is 9.50 Å². The summed E-state index contributed by atoms with van der Waals surface area (Å²) in [7, 11) is 1.60. The van der Waals surface area contributed by atoms with Crippen LogP contribution in [0.1, 0.15) is 42.9 Å². The lowest BCUT2D eigenvalue weighted by atomic mass is 9.88. The molecule has 0 aliphatic heterocycles. The van der Waals surface area contributed by atoms with Gasteiger partial charge in [0.15, 0.2) is 0 Å².